The Labute approximate surface area is 101 Å². The van der Waals surface area contributed by atoms with Gasteiger partial charge in [0, 0.05) is 18.2 Å². The van der Waals surface area contributed by atoms with Crippen LogP contribution in [-0.2, 0) is 6.42 Å². The normalized spacial score (nSPS) is 21.4. The first-order valence-electron chi connectivity index (χ1n) is 6.25. The predicted molar refractivity (Wildman–Crippen MR) is 67.1 cm³/mol. The topological polar surface area (TPSA) is 33.4 Å². The van der Waals surface area contributed by atoms with Crippen molar-refractivity contribution in [1.82, 2.24) is 19.5 Å². The van der Waals surface area contributed by atoms with Crippen molar-refractivity contribution >= 4 is 5.65 Å². The molecular formula is C13H18N4. The van der Waals surface area contributed by atoms with Crippen LogP contribution in [0.5, 0.6) is 0 Å². The lowest BCUT2D eigenvalue weighted by atomic mass is 10.1. The smallest absolute Gasteiger partial charge is 0.160 e. The van der Waals surface area contributed by atoms with Crippen LogP contribution < -0.4 is 0 Å². The van der Waals surface area contributed by atoms with Gasteiger partial charge in [-0.1, -0.05) is 6.07 Å². The van der Waals surface area contributed by atoms with Crippen LogP contribution in [0.3, 0.4) is 0 Å². The number of likely N-dealkylation sites (tertiary alicyclic amines) is 1. The number of likely N-dealkylation sites (N-methyl/N-ethyl adjacent to an activating group) is 1. The SMILES string of the molecule is Cc1cccc2nnc(CC3CCCN3C)n12. The highest BCUT2D eigenvalue weighted by molar-refractivity contribution is 5.39. The minimum Gasteiger partial charge on any atom is -0.303 e. The molecule has 1 saturated heterocycles. The summed E-state index contributed by atoms with van der Waals surface area (Å²) >= 11 is 0. The molecule has 1 fully saturated rings. The second kappa shape index (κ2) is 4.11. The number of rotatable bonds is 2. The van der Waals surface area contributed by atoms with E-state index in [-0.39, 0.29) is 0 Å². The lowest BCUT2D eigenvalue weighted by Crippen LogP contribution is -2.27. The van der Waals surface area contributed by atoms with Crippen molar-refractivity contribution in [2.45, 2.75) is 32.2 Å². The minimum absolute atomic E-state index is 0.627. The van der Waals surface area contributed by atoms with Gasteiger partial charge in [-0.3, -0.25) is 4.40 Å². The fraction of sp³-hybridized carbons (Fsp3) is 0.538. The molecule has 3 rings (SSSR count). The maximum atomic E-state index is 4.34. The van der Waals surface area contributed by atoms with Crippen LogP contribution >= 0.6 is 0 Å². The Kier molecular flexibility index (Phi) is 2.59. The summed E-state index contributed by atoms with van der Waals surface area (Å²) in [5.41, 5.74) is 2.17. The molecule has 1 unspecified atom stereocenters. The van der Waals surface area contributed by atoms with Gasteiger partial charge in [0.2, 0.25) is 0 Å². The van der Waals surface area contributed by atoms with Gasteiger partial charge < -0.3 is 4.90 Å². The summed E-state index contributed by atoms with van der Waals surface area (Å²) in [7, 11) is 2.20. The summed E-state index contributed by atoms with van der Waals surface area (Å²) in [5.74, 6) is 1.09. The van der Waals surface area contributed by atoms with Crippen LogP contribution in [0, 0.1) is 6.92 Å². The number of fused-ring (bicyclic) bond motifs is 1. The number of aryl methyl sites for hydroxylation is 1. The molecule has 90 valence electrons. The summed E-state index contributed by atoms with van der Waals surface area (Å²) < 4.78 is 2.17. The standard InChI is InChI=1S/C13H18N4/c1-10-5-3-7-12-14-15-13(17(10)12)9-11-6-4-8-16(11)2/h3,5,7,11H,4,6,8-9H2,1-2H3. The molecule has 0 saturated carbocycles. The van der Waals surface area contributed by atoms with E-state index < -0.39 is 0 Å². The van der Waals surface area contributed by atoms with Crippen molar-refractivity contribution < 1.29 is 0 Å². The van der Waals surface area contributed by atoms with Crippen molar-refractivity contribution in [2.24, 2.45) is 0 Å². The Morgan fingerprint density at radius 1 is 1.35 bits per heavy atom. The summed E-state index contributed by atoms with van der Waals surface area (Å²) in [6.45, 7) is 3.32. The van der Waals surface area contributed by atoms with E-state index in [2.05, 4.69) is 39.5 Å². The van der Waals surface area contributed by atoms with Crippen LogP contribution in [0.2, 0.25) is 0 Å². The number of hydrogen-bond acceptors (Lipinski definition) is 3. The molecular weight excluding hydrogens is 212 g/mol. The van der Waals surface area contributed by atoms with E-state index in [1.165, 1.54) is 25.1 Å². The third-order valence-electron chi connectivity index (χ3n) is 3.78. The molecule has 0 radical (unpaired) electrons. The van der Waals surface area contributed by atoms with E-state index in [0.717, 1.165) is 17.9 Å². The van der Waals surface area contributed by atoms with Gasteiger partial charge in [-0.15, -0.1) is 10.2 Å². The number of nitrogens with zero attached hydrogens (tertiary/aromatic N) is 4. The molecule has 1 atom stereocenters. The van der Waals surface area contributed by atoms with Crippen molar-refractivity contribution in [3.63, 3.8) is 0 Å². The molecule has 0 amide bonds. The zero-order chi connectivity index (χ0) is 11.8. The van der Waals surface area contributed by atoms with Crippen LogP contribution in [0.4, 0.5) is 0 Å². The van der Waals surface area contributed by atoms with E-state index in [9.17, 15) is 0 Å². The van der Waals surface area contributed by atoms with Gasteiger partial charge in [0.1, 0.15) is 5.82 Å². The van der Waals surface area contributed by atoms with Crippen LogP contribution in [0.15, 0.2) is 18.2 Å². The monoisotopic (exact) mass is 230 g/mol. The van der Waals surface area contributed by atoms with Crippen LogP contribution in [-0.4, -0.2) is 39.1 Å². The summed E-state index contributed by atoms with van der Waals surface area (Å²) in [6.07, 6.45) is 3.58. The van der Waals surface area contributed by atoms with Gasteiger partial charge >= 0.3 is 0 Å². The summed E-state index contributed by atoms with van der Waals surface area (Å²) in [5, 5.41) is 8.58. The van der Waals surface area contributed by atoms with Gasteiger partial charge in [-0.25, -0.2) is 0 Å². The lowest BCUT2D eigenvalue weighted by Gasteiger charge is -2.18. The molecule has 1 aliphatic heterocycles. The summed E-state index contributed by atoms with van der Waals surface area (Å²) in [4.78, 5) is 2.43. The Morgan fingerprint density at radius 3 is 3.00 bits per heavy atom. The van der Waals surface area contributed by atoms with Crippen molar-refractivity contribution in [3.05, 3.63) is 29.7 Å². The number of hydrogen-bond donors (Lipinski definition) is 0. The van der Waals surface area contributed by atoms with Gasteiger partial charge in [-0.05, 0) is 45.5 Å². The molecule has 0 bridgehead atoms. The van der Waals surface area contributed by atoms with E-state index in [0.29, 0.717) is 6.04 Å². The fourth-order valence-electron chi connectivity index (χ4n) is 2.75. The lowest BCUT2D eigenvalue weighted by molar-refractivity contribution is 0.305. The molecule has 1 aliphatic rings. The van der Waals surface area contributed by atoms with Gasteiger partial charge in [0.05, 0.1) is 0 Å². The minimum atomic E-state index is 0.627. The molecule has 4 nitrogen and oxygen atoms in total. The first-order valence-corrected chi connectivity index (χ1v) is 6.25. The van der Waals surface area contributed by atoms with Gasteiger partial charge in [0.15, 0.2) is 5.65 Å². The first kappa shape index (κ1) is 10.7. The average molecular weight is 230 g/mol. The van der Waals surface area contributed by atoms with Gasteiger partial charge in [0.25, 0.3) is 0 Å². The Morgan fingerprint density at radius 2 is 2.24 bits per heavy atom. The highest BCUT2D eigenvalue weighted by Gasteiger charge is 2.23. The Hall–Kier alpha value is -1.42. The van der Waals surface area contributed by atoms with E-state index >= 15 is 0 Å². The second-order valence-corrected chi connectivity index (χ2v) is 4.96. The molecule has 0 spiro atoms. The second-order valence-electron chi connectivity index (χ2n) is 4.96. The van der Waals surface area contributed by atoms with Crippen molar-refractivity contribution in [1.29, 1.82) is 0 Å². The molecule has 2 aromatic rings. The quantitative estimate of drug-likeness (QED) is 0.787. The molecule has 3 heterocycles. The molecule has 0 aliphatic carbocycles. The third-order valence-corrected chi connectivity index (χ3v) is 3.78. The molecule has 17 heavy (non-hydrogen) atoms. The predicted octanol–water partition coefficient (Wildman–Crippen LogP) is 1.67. The molecule has 0 aromatic carbocycles. The Bertz CT molecular complexity index is 531. The highest BCUT2D eigenvalue weighted by Crippen LogP contribution is 2.19. The third kappa shape index (κ3) is 1.82. The zero-order valence-corrected chi connectivity index (χ0v) is 10.4. The fourth-order valence-corrected chi connectivity index (χ4v) is 2.75. The number of pyridine rings is 1. The highest BCUT2D eigenvalue weighted by atomic mass is 15.3. The van der Waals surface area contributed by atoms with Crippen molar-refractivity contribution in [3.8, 4) is 0 Å². The van der Waals surface area contributed by atoms with Crippen LogP contribution in [0.1, 0.15) is 24.4 Å². The number of aromatic nitrogens is 3. The maximum Gasteiger partial charge on any atom is 0.160 e. The van der Waals surface area contributed by atoms with Gasteiger partial charge in [-0.2, -0.15) is 0 Å². The summed E-state index contributed by atoms with van der Waals surface area (Å²) in [6, 6.07) is 6.78. The van der Waals surface area contributed by atoms with E-state index in [4.69, 9.17) is 0 Å². The molecule has 2 aromatic heterocycles. The van der Waals surface area contributed by atoms with Crippen molar-refractivity contribution in [2.75, 3.05) is 13.6 Å². The zero-order valence-electron chi connectivity index (χ0n) is 10.4. The van der Waals surface area contributed by atoms with E-state index in [1.807, 2.05) is 12.1 Å². The molecule has 0 N–H and O–H groups in total. The maximum absolute atomic E-state index is 4.34. The average Bonchev–Trinajstić information content (AvgIpc) is 2.89. The molecule has 4 heteroatoms. The van der Waals surface area contributed by atoms with Crippen LogP contribution in [0.25, 0.3) is 5.65 Å². The Balaban J connectivity index is 1.95. The van der Waals surface area contributed by atoms with E-state index in [1.54, 1.807) is 0 Å². The first-order chi connectivity index (χ1) is 8.25. The largest absolute Gasteiger partial charge is 0.303 e.